The van der Waals surface area contributed by atoms with E-state index in [-0.39, 0.29) is 18.2 Å². The molecule has 0 aliphatic carbocycles. The van der Waals surface area contributed by atoms with Crippen molar-refractivity contribution in [3.63, 3.8) is 0 Å². The fourth-order valence-electron chi connectivity index (χ4n) is 4.31. The van der Waals surface area contributed by atoms with Crippen LogP contribution < -0.4 is 9.47 Å². The van der Waals surface area contributed by atoms with E-state index in [1.165, 1.54) is 5.56 Å². The Bertz CT molecular complexity index is 1190. The third-order valence-corrected chi connectivity index (χ3v) is 7.83. The number of hydrogen-bond donors (Lipinski definition) is 1. The van der Waals surface area contributed by atoms with Gasteiger partial charge >= 0.3 is 0 Å². The molecule has 33 heavy (non-hydrogen) atoms. The number of aromatic nitrogens is 1. The number of benzene rings is 2. The molecule has 2 heterocycles. The van der Waals surface area contributed by atoms with E-state index < -0.39 is 9.84 Å². The Balaban J connectivity index is 0.00000306. The van der Waals surface area contributed by atoms with Gasteiger partial charge in [0.1, 0.15) is 11.5 Å². The first kappa shape index (κ1) is 25.1. The van der Waals surface area contributed by atoms with Gasteiger partial charge in [-0.15, -0.1) is 12.4 Å². The number of sulfone groups is 1. The number of nitrogens with zero attached hydrogens (tertiary/aromatic N) is 1. The van der Waals surface area contributed by atoms with Gasteiger partial charge in [0.15, 0.2) is 9.84 Å². The van der Waals surface area contributed by atoms with Crippen LogP contribution in [0, 0.1) is 0 Å². The number of rotatable bonds is 8. The van der Waals surface area contributed by atoms with E-state index in [0.29, 0.717) is 23.3 Å². The normalized spacial score (nSPS) is 15.5. The van der Waals surface area contributed by atoms with Crippen molar-refractivity contribution in [2.24, 2.45) is 0 Å². The van der Waals surface area contributed by atoms with Crippen LogP contribution in [0.1, 0.15) is 37.6 Å². The van der Waals surface area contributed by atoms with Gasteiger partial charge < -0.3 is 14.5 Å². The van der Waals surface area contributed by atoms with Gasteiger partial charge in [-0.3, -0.25) is 4.90 Å². The predicted molar refractivity (Wildman–Crippen MR) is 133 cm³/mol. The molecule has 3 aromatic rings. The Kier molecular flexibility index (Phi) is 8.10. The minimum atomic E-state index is -3.30. The van der Waals surface area contributed by atoms with Crippen LogP contribution in [0.15, 0.2) is 59.5 Å². The van der Waals surface area contributed by atoms with Gasteiger partial charge in [0.25, 0.3) is 0 Å². The average Bonchev–Trinajstić information content (AvgIpc) is 3.30. The van der Waals surface area contributed by atoms with E-state index in [1.54, 1.807) is 32.2 Å². The van der Waals surface area contributed by atoms with Crippen molar-refractivity contribution >= 4 is 22.2 Å². The maximum Gasteiger partial charge on any atom is 0.178 e. The summed E-state index contributed by atoms with van der Waals surface area (Å²) < 4.78 is 36.1. The number of hydrogen-bond acceptors (Lipinski definition) is 5. The van der Waals surface area contributed by atoms with Crippen LogP contribution in [0.2, 0.25) is 0 Å². The van der Waals surface area contributed by atoms with Gasteiger partial charge in [-0.1, -0.05) is 32.0 Å². The van der Waals surface area contributed by atoms with Crippen LogP contribution in [0.5, 0.6) is 11.5 Å². The Morgan fingerprint density at radius 2 is 1.91 bits per heavy atom. The molecule has 0 radical (unpaired) electrons. The maximum absolute atomic E-state index is 12.4. The molecule has 1 aliphatic rings. The topological polar surface area (TPSA) is 71.6 Å². The lowest BCUT2D eigenvalue weighted by Crippen LogP contribution is -2.32. The van der Waals surface area contributed by atoms with Gasteiger partial charge in [-0.05, 0) is 42.9 Å². The Morgan fingerprint density at radius 1 is 1.12 bits per heavy atom. The standard InChI is InChI=1S/C25H30N2O4S.ClH/c1-4-27(23-14-15-31-25-9-7-6-8-20(23)25)17-18-10-12-22(26-18)21-16-19(32(28,29)5-2)11-13-24(21)30-3;/h6-13,16,23,26H,4-5,14-15,17H2,1-3H3;1H. The molecule has 0 amide bonds. The second-order valence-corrected chi connectivity index (χ2v) is 10.2. The number of para-hydroxylation sites is 1. The number of nitrogens with one attached hydrogen (secondary N) is 1. The fraction of sp³-hybridized carbons (Fsp3) is 0.360. The Morgan fingerprint density at radius 3 is 2.64 bits per heavy atom. The monoisotopic (exact) mass is 490 g/mol. The number of methoxy groups -OCH3 is 1. The summed E-state index contributed by atoms with van der Waals surface area (Å²) in [7, 11) is -1.71. The van der Waals surface area contributed by atoms with Gasteiger partial charge in [0, 0.05) is 41.5 Å². The van der Waals surface area contributed by atoms with Crippen molar-refractivity contribution < 1.29 is 17.9 Å². The van der Waals surface area contributed by atoms with Crippen LogP contribution in [0.3, 0.4) is 0 Å². The third kappa shape index (κ3) is 5.21. The lowest BCUT2D eigenvalue weighted by atomic mass is 9.98. The van der Waals surface area contributed by atoms with Crippen molar-refractivity contribution in [2.75, 3.05) is 26.0 Å². The van der Waals surface area contributed by atoms with E-state index in [4.69, 9.17) is 9.47 Å². The number of fused-ring (bicyclic) bond motifs is 1. The molecular formula is C25H31ClN2O4S. The summed E-state index contributed by atoms with van der Waals surface area (Å²) in [5, 5.41) is 0. The first-order valence-electron chi connectivity index (χ1n) is 11.0. The maximum atomic E-state index is 12.4. The first-order valence-corrected chi connectivity index (χ1v) is 12.7. The van der Waals surface area contributed by atoms with Crippen LogP contribution >= 0.6 is 12.4 Å². The van der Waals surface area contributed by atoms with E-state index in [1.807, 2.05) is 18.2 Å². The minimum Gasteiger partial charge on any atom is -0.496 e. The molecule has 0 bridgehead atoms. The lowest BCUT2D eigenvalue weighted by molar-refractivity contribution is 0.138. The summed E-state index contributed by atoms with van der Waals surface area (Å²) in [6.07, 6.45) is 0.948. The lowest BCUT2D eigenvalue weighted by Gasteiger charge is -2.34. The predicted octanol–water partition coefficient (Wildman–Crippen LogP) is 5.25. The van der Waals surface area contributed by atoms with E-state index in [9.17, 15) is 8.42 Å². The van der Waals surface area contributed by atoms with Crippen LogP contribution in [-0.2, 0) is 16.4 Å². The SMILES string of the molecule is CCN(Cc1ccc(-c2cc(S(=O)(=O)CC)ccc2OC)[nH]1)C1CCOc2ccccc21.Cl. The van der Waals surface area contributed by atoms with Crippen LogP contribution in [0.25, 0.3) is 11.3 Å². The van der Waals surface area contributed by atoms with Crippen molar-refractivity contribution in [2.45, 2.75) is 37.8 Å². The quantitative estimate of drug-likeness (QED) is 0.467. The number of H-pyrrole nitrogens is 1. The third-order valence-electron chi connectivity index (χ3n) is 6.09. The second-order valence-electron chi connectivity index (χ2n) is 7.92. The smallest absolute Gasteiger partial charge is 0.178 e. The molecule has 0 spiro atoms. The largest absolute Gasteiger partial charge is 0.496 e. The van der Waals surface area contributed by atoms with Crippen LogP contribution in [0.4, 0.5) is 0 Å². The molecule has 0 saturated carbocycles. The minimum absolute atomic E-state index is 0. The summed E-state index contributed by atoms with van der Waals surface area (Å²) in [4.78, 5) is 6.22. The van der Waals surface area contributed by atoms with Crippen molar-refractivity contribution in [3.8, 4) is 22.8 Å². The van der Waals surface area contributed by atoms with Gasteiger partial charge in [-0.25, -0.2) is 8.42 Å². The first-order chi connectivity index (χ1) is 15.5. The van der Waals surface area contributed by atoms with Gasteiger partial charge in [0.05, 0.1) is 24.4 Å². The second kappa shape index (κ2) is 10.6. The van der Waals surface area contributed by atoms with Crippen molar-refractivity contribution in [1.82, 2.24) is 9.88 Å². The molecule has 4 rings (SSSR count). The van der Waals surface area contributed by atoms with Crippen molar-refractivity contribution in [1.29, 1.82) is 0 Å². The molecule has 6 nitrogen and oxygen atoms in total. The molecule has 1 aliphatic heterocycles. The highest BCUT2D eigenvalue weighted by Crippen LogP contribution is 2.37. The van der Waals surface area contributed by atoms with E-state index in [2.05, 4.69) is 35.0 Å². The molecule has 1 aromatic heterocycles. The zero-order valence-corrected chi connectivity index (χ0v) is 20.8. The highest BCUT2D eigenvalue weighted by Gasteiger charge is 2.26. The zero-order chi connectivity index (χ0) is 22.7. The molecule has 0 fully saturated rings. The van der Waals surface area contributed by atoms with Gasteiger partial charge in [-0.2, -0.15) is 0 Å². The number of halogens is 1. The molecule has 1 unspecified atom stereocenters. The Hall–Kier alpha value is -2.48. The number of ether oxygens (including phenoxy) is 2. The number of aromatic amines is 1. The van der Waals surface area contributed by atoms with E-state index in [0.717, 1.165) is 42.2 Å². The highest BCUT2D eigenvalue weighted by molar-refractivity contribution is 7.91. The summed E-state index contributed by atoms with van der Waals surface area (Å²) in [5.74, 6) is 1.67. The van der Waals surface area contributed by atoms with E-state index >= 15 is 0 Å². The molecular weight excluding hydrogens is 460 g/mol. The molecule has 1 N–H and O–H groups in total. The van der Waals surface area contributed by atoms with Crippen molar-refractivity contribution in [3.05, 3.63) is 65.9 Å². The summed E-state index contributed by atoms with van der Waals surface area (Å²) in [6.45, 7) is 6.19. The summed E-state index contributed by atoms with van der Waals surface area (Å²) in [5.41, 5.74) is 3.88. The Labute approximate surface area is 202 Å². The molecule has 0 saturated heterocycles. The molecule has 2 aromatic carbocycles. The molecule has 178 valence electrons. The zero-order valence-electron chi connectivity index (χ0n) is 19.2. The molecule has 8 heteroatoms. The molecule has 1 atom stereocenters. The highest BCUT2D eigenvalue weighted by atomic mass is 35.5. The summed E-state index contributed by atoms with van der Waals surface area (Å²) in [6, 6.07) is 17.6. The fourth-order valence-corrected chi connectivity index (χ4v) is 5.22. The summed E-state index contributed by atoms with van der Waals surface area (Å²) >= 11 is 0. The average molecular weight is 491 g/mol. The van der Waals surface area contributed by atoms with Crippen LogP contribution in [-0.4, -0.2) is 44.3 Å². The van der Waals surface area contributed by atoms with Gasteiger partial charge in [0.2, 0.25) is 0 Å².